The van der Waals surface area contributed by atoms with Crippen LogP contribution in [0.1, 0.15) is 61.6 Å². The molecule has 0 aliphatic heterocycles. The van der Waals surface area contributed by atoms with Gasteiger partial charge in [0.15, 0.2) is 0 Å². The van der Waals surface area contributed by atoms with E-state index >= 15 is 4.39 Å². The van der Waals surface area contributed by atoms with Gasteiger partial charge in [-0.05, 0) is 80.1 Å². The van der Waals surface area contributed by atoms with Crippen molar-refractivity contribution in [3.05, 3.63) is 167 Å². The fourth-order valence-electron chi connectivity index (χ4n) is 6.73. The van der Waals surface area contributed by atoms with Gasteiger partial charge in [-0.1, -0.05) is 109 Å². The molecule has 2 N–H and O–H groups in total. The number of carbonyl (C=O) groups excluding carboxylic acids is 2. The summed E-state index contributed by atoms with van der Waals surface area (Å²) in [7, 11) is 0. The predicted molar refractivity (Wildman–Crippen MR) is 204 cm³/mol. The van der Waals surface area contributed by atoms with E-state index in [4.69, 9.17) is 9.84 Å². The highest BCUT2D eigenvalue weighted by molar-refractivity contribution is 6.01. The van der Waals surface area contributed by atoms with Crippen LogP contribution in [0.5, 0.6) is 0 Å². The zero-order valence-corrected chi connectivity index (χ0v) is 29.8. The summed E-state index contributed by atoms with van der Waals surface area (Å²) in [5.41, 5.74) is 1.84. The first kappa shape index (κ1) is 35.3. The lowest BCUT2D eigenvalue weighted by Crippen LogP contribution is -2.39. The smallest absolute Gasteiger partial charge is 0.407 e. The van der Waals surface area contributed by atoms with Crippen molar-refractivity contribution in [1.29, 1.82) is 0 Å². The molecule has 0 atom stereocenters. The van der Waals surface area contributed by atoms with Gasteiger partial charge in [0.1, 0.15) is 22.8 Å². The Labute approximate surface area is 307 Å². The van der Waals surface area contributed by atoms with Gasteiger partial charge in [-0.15, -0.1) is 0 Å². The van der Waals surface area contributed by atoms with E-state index in [1.54, 1.807) is 39.0 Å². The van der Waals surface area contributed by atoms with Gasteiger partial charge in [-0.2, -0.15) is 5.10 Å². The van der Waals surface area contributed by atoms with E-state index in [-0.39, 0.29) is 18.0 Å². The molecule has 7 rings (SSSR count). The fraction of sp³-hybridized carbons (Fsp3) is 0.205. The Morgan fingerprint density at radius 2 is 1.34 bits per heavy atom. The Bertz CT molecular complexity index is 2180. The summed E-state index contributed by atoms with van der Waals surface area (Å²) in [6.45, 7) is 5.36. The van der Waals surface area contributed by atoms with E-state index < -0.39 is 34.4 Å². The standard InChI is InChI=1S/C44H40F2N4O3/c1-42(2,3)53-41(52)47-29-43(25-26-43)40(51)48-38-27-35-37(24-21-30-19-22-34(45)23-20-30)49-50(39(35)28-36(38)46)44(31-13-7-4-8-14-31,32-15-9-5-10-16-32)33-17-11-6-12-18-33/h4-24,27-28H,25-26,29H2,1-3H3,(H,47,52)(H,48,51). The second kappa shape index (κ2) is 14.1. The maximum Gasteiger partial charge on any atom is 0.407 e. The average Bonchev–Trinajstić information content (AvgIpc) is 3.88. The zero-order valence-electron chi connectivity index (χ0n) is 29.8. The molecule has 0 bridgehead atoms. The third kappa shape index (κ3) is 7.20. The Kier molecular flexibility index (Phi) is 9.43. The van der Waals surface area contributed by atoms with Crippen LogP contribution < -0.4 is 10.6 Å². The van der Waals surface area contributed by atoms with E-state index in [9.17, 15) is 14.0 Å². The highest BCUT2D eigenvalue weighted by Crippen LogP contribution is 2.47. The maximum absolute atomic E-state index is 16.5. The van der Waals surface area contributed by atoms with Crippen LogP contribution in [0.3, 0.4) is 0 Å². The molecule has 9 heteroatoms. The largest absolute Gasteiger partial charge is 0.444 e. The number of nitrogens with one attached hydrogen (secondary N) is 2. The number of hydrogen-bond acceptors (Lipinski definition) is 4. The summed E-state index contributed by atoms with van der Waals surface area (Å²) in [6, 6.07) is 39.0. The number of fused-ring (bicyclic) bond motifs is 1. The maximum atomic E-state index is 16.5. The second-order valence-electron chi connectivity index (χ2n) is 14.4. The number of ether oxygens (including phenoxy) is 1. The summed E-state index contributed by atoms with van der Waals surface area (Å²) < 4.78 is 37.4. The molecule has 2 amide bonds. The third-order valence-corrected chi connectivity index (χ3v) is 9.55. The van der Waals surface area contributed by atoms with Gasteiger partial charge in [0.25, 0.3) is 0 Å². The quantitative estimate of drug-likeness (QED) is 0.139. The Balaban J connectivity index is 1.38. The van der Waals surface area contributed by atoms with Crippen molar-refractivity contribution in [1.82, 2.24) is 15.1 Å². The van der Waals surface area contributed by atoms with Gasteiger partial charge in [0.05, 0.1) is 22.3 Å². The molecule has 1 saturated carbocycles. The number of anilines is 1. The first-order valence-corrected chi connectivity index (χ1v) is 17.6. The third-order valence-electron chi connectivity index (χ3n) is 9.55. The first-order chi connectivity index (χ1) is 25.5. The second-order valence-corrected chi connectivity index (χ2v) is 14.4. The monoisotopic (exact) mass is 710 g/mol. The van der Waals surface area contributed by atoms with Crippen LogP contribution in [0.25, 0.3) is 23.1 Å². The molecule has 6 aromatic rings. The van der Waals surface area contributed by atoms with Crippen molar-refractivity contribution in [2.24, 2.45) is 5.41 Å². The van der Waals surface area contributed by atoms with Crippen LogP contribution in [-0.4, -0.2) is 33.9 Å². The number of aromatic nitrogens is 2. The topological polar surface area (TPSA) is 85.2 Å². The lowest BCUT2D eigenvalue weighted by atomic mass is 9.77. The van der Waals surface area contributed by atoms with Crippen molar-refractivity contribution in [3.63, 3.8) is 0 Å². The summed E-state index contributed by atoms with van der Waals surface area (Å²) >= 11 is 0. The Morgan fingerprint density at radius 3 is 1.85 bits per heavy atom. The van der Waals surface area contributed by atoms with Gasteiger partial charge in [-0.3, -0.25) is 4.79 Å². The summed E-state index contributed by atoms with van der Waals surface area (Å²) in [6.07, 6.45) is 4.09. The molecule has 1 aromatic heterocycles. The molecule has 0 unspecified atom stereocenters. The van der Waals surface area contributed by atoms with Crippen LogP contribution in [0.2, 0.25) is 0 Å². The molecule has 0 spiro atoms. The summed E-state index contributed by atoms with van der Waals surface area (Å²) in [5, 5.41) is 11.3. The highest BCUT2D eigenvalue weighted by atomic mass is 19.1. The molecule has 5 aromatic carbocycles. The lowest BCUT2D eigenvalue weighted by molar-refractivity contribution is -0.121. The van der Waals surface area contributed by atoms with Crippen LogP contribution in [-0.2, 0) is 15.1 Å². The van der Waals surface area contributed by atoms with Gasteiger partial charge in [0.2, 0.25) is 5.91 Å². The molecule has 1 aliphatic carbocycles. The number of rotatable bonds is 10. The minimum Gasteiger partial charge on any atom is -0.444 e. The molecule has 1 fully saturated rings. The number of hydrogen-bond donors (Lipinski definition) is 2. The van der Waals surface area contributed by atoms with Crippen molar-refractivity contribution in [2.75, 3.05) is 11.9 Å². The minimum absolute atomic E-state index is 0.00763. The Hall–Kier alpha value is -6.09. The van der Waals surface area contributed by atoms with Crippen molar-refractivity contribution >= 4 is 40.7 Å². The van der Waals surface area contributed by atoms with E-state index in [1.807, 2.05) is 108 Å². The van der Waals surface area contributed by atoms with Crippen LogP contribution in [0.4, 0.5) is 19.3 Å². The van der Waals surface area contributed by atoms with E-state index in [0.29, 0.717) is 29.4 Å². The summed E-state index contributed by atoms with van der Waals surface area (Å²) in [5.74, 6) is -1.38. The van der Waals surface area contributed by atoms with Gasteiger partial charge < -0.3 is 15.4 Å². The van der Waals surface area contributed by atoms with Crippen molar-refractivity contribution in [3.8, 4) is 0 Å². The zero-order chi connectivity index (χ0) is 37.2. The van der Waals surface area contributed by atoms with Crippen molar-refractivity contribution in [2.45, 2.75) is 44.8 Å². The van der Waals surface area contributed by atoms with Crippen LogP contribution in [0.15, 0.2) is 127 Å². The number of carbonyl (C=O) groups is 2. The molecular weight excluding hydrogens is 671 g/mol. The normalized spacial score (nSPS) is 13.9. The van der Waals surface area contributed by atoms with Gasteiger partial charge >= 0.3 is 6.09 Å². The number of amides is 2. The predicted octanol–water partition coefficient (Wildman–Crippen LogP) is 9.57. The average molecular weight is 711 g/mol. The number of benzene rings is 5. The minimum atomic E-state index is -1.05. The fourth-order valence-corrected chi connectivity index (χ4v) is 6.73. The van der Waals surface area contributed by atoms with E-state index in [1.165, 1.54) is 18.2 Å². The van der Waals surface area contributed by atoms with Gasteiger partial charge in [-0.25, -0.2) is 18.3 Å². The number of halogens is 2. The lowest BCUT2D eigenvalue weighted by Gasteiger charge is -2.37. The molecule has 268 valence electrons. The van der Waals surface area contributed by atoms with Gasteiger partial charge in [0, 0.05) is 18.0 Å². The van der Waals surface area contributed by atoms with Crippen LogP contribution >= 0.6 is 0 Å². The highest BCUT2D eigenvalue weighted by Gasteiger charge is 2.50. The SMILES string of the molecule is CC(C)(C)OC(=O)NCC1(C(=O)Nc2cc3c(C=Cc4ccc(F)cc4)nn(C(c4ccccc4)(c4ccccc4)c4ccccc4)c3cc2F)CC1. The molecule has 7 nitrogen and oxygen atoms in total. The number of alkyl carbamates (subject to hydrolysis) is 1. The molecule has 1 aliphatic rings. The van der Waals surface area contributed by atoms with E-state index in [0.717, 1.165) is 22.3 Å². The molecule has 0 radical (unpaired) electrons. The molecular formula is C44H40F2N4O3. The van der Waals surface area contributed by atoms with Crippen LogP contribution in [0, 0.1) is 17.0 Å². The summed E-state index contributed by atoms with van der Waals surface area (Å²) in [4.78, 5) is 26.1. The molecule has 0 saturated heterocycles. The van der Waals surface area contributed by atoms with Crippen molar-refractivity contribution < 1.29 is 23.1 Å². The van der Waals surface area contributed by atoms with E-state index in [2.05, 4.69) is 10.6 Å². The number of nitrogens with zero attached hydrogens (tertiary/aromatic N) is 2. The molecule has 1 heterocycles. The molecule has 53 heavy (non-hydrogen) atoms. The Morgan fingerprint density at radius 1 is 0.792 bits per heavy atom. The first-order valence-electron chi connectivity index (χ1n) is 17.6.